The van der Waals surface area contributed by atoms with E-state index >= 15 is 0 Å². The zero-order chi connectivity index (χ0) is 14.2. The molecule has 0 radical (unpaired) electrons. The summed E-state index contributed by atoms with van der Waals surface area (Å²) in [7, 11) is -3.26. The highest BCUT2D eigenvalue weighted by Crippen LogP contribution is 2.23. The molecular weight excluding hydrogens is 280 g/mol. The predicted molar refractivity (Wildman–Crippen MR) is 79.7 cm³/mol. The van der Waals surface area contributed by atoms with Gasteiger partial charge in [0.1, 0.15) is 0 Å². The molecule has 0 aliphatic rings. The van der Waals surface area contributed by atoms with Gasteiger partial charge < -0.3 is 9.55 Å². The fraction of sp³-hybridized carbons (Fsp3) is 0.462. The maximum absolute atomic E-state index is 11.8. The first-order chi connectivity index (χ1) is 8.84. The number of nitrogens with zero attached hydrogens (tertiary/aromatic N) is 1. The fourth-order valence-corrected chi connectivity index (χ4v) is 3.21. The molecule has 1 heterocycles. The van der Waals surface area contributed by atoms with E-state index in [1.54, 1.807) is 12.1 Å². The van der Waals surface area contributed by atoms with Crippen molar-refractivity contribution in [3.63, 3.8) is 0 Å². The lowest BCUT2D eigenvalue weighted by atomic mass is 10.1. The molecule has 104 valence electrons. The van der Waals surface area contributed by atoms with Crippen LogP contribution in [0.25, 0.3) is 11.0 Å². The van der Waals surface area contributed by atoms with Gasteiger partial charge in [0.05, 0.1) is 15.9 Å². The van der Waals surface area contributed by atoms with Gasteiger partial charge in [-0.05, 0) is 30.3 Å². The van der Waals surface area contributed by atoms with Crippen LogP contribution in [0.2, 0.25) is 0 Å². The second kappa shape index (κ2) is 5.09. The number of benzene rings is 1. The van der Waals surface area contributed by atoms with Crippen molar-refractivity contribution in [1.29, 1.82) is 0 Å². The normalized spacial score (nSPS) is 13.8. The third-order valence-corrected chi connectivity index (χ3v) is 4.82. The minimum atomic E-state index is -3.26. The number of H-pyrrole nitrogens is 1. The molecule has 0 aliphatic carbocycles. The number of para-hydroxylation sites is 1. The van der Waals surface area contributed by atoms with Gasteiger partial charge in [-0.3, -0.25) is 0 Å². The molecule has 1 aromatic heterocycles. The van der Waals surface area contributed by atoms with Crippen LogP contribution in [0.4, 0.5) is 0 Å². The summed E-state index contributed by atoms with van der Waals surface area (Å²) < 4.78 is 26.1. The quantitative estimate of drug-likeness (QED) is 0.882. The van der Waals surface area contributed by atoms with Crippen LogP contribution in [0, 0.1) is 10.7 Å². The summed E-state index contributed by atoms with van der Waals surface area (Å²) in [6.45, 7) is 5.08. The van der Waals surface area contributed by atoms with Crippen molar-refractivity contribution in [2.24, 2.45) is 5.92 Å². The molecule has 0 amide bonds. The molecule has 1 unspecified atom stereocenters. The van der Waals surface area contributed by atoms with E-state index in [9.17, 15) is 8.42 Å². The summed E-state index contributed by atoms with van der Waals surface area (Å²) in [5, 5.41) is 0. The Balaban J connectivity index is 2.70. The number of fused-ring (bicyclic) bond motifs is 1. The van der Waals surface area contributed by atoms with Crippen LogP contribution >= 0.6 is 12.2 Å². The fourth-order valence-electron chi connectivity index (χ4n) is 2.08. The van der Waals surface area contributed by atoms with Crippen LogP contribution in [-0.4, -0.2) is 24.2 Å². The molecule has 1 N–H and O–H groups in total. The van der Waals surface area contributed by atoms with Crippen molar-refractivity contribution in [1.82, 2.24) is 9.55 Å². The molecule has 0 saturated carbocycles. The highest BCUT2D eigenvalue weighted by molar-refractivity contribution is 7.91. The van der Waals surface area contributed by atoms with Crippen molar-refractivity contribution in [2.75, 3.05) is 6.26 Å². The number of sulfone groups is 1. The van der Waals surface area contributed by atoms with Crippen molar-refractivity contribution < 1.29 is 8.42 Å². The van der Waals surface area contributed by atoms with E-state index in [1.165, 1.54) is 6.26 Å². The Hall–Kier alpha value is -1.14. The Labute approximate surface area is 118 Å². The van der Waals surface area contributed by atoms with Crippen LogP contribution in [0.1, 0.15) is 20.3 Å². The summed E-state index contributed by atoms with van der Waals surface area (Å²) >= 11 is 5.31. The van der Waals surface area contributed by atoms with Crippen molar-refractivity contribution in [3.8, 4) is 0 Å². The van der Waals surface area contributed by atoms with Gasteiger partial charge in [0, 0.05) is 12.8 Å². The van der Waals surface area contributed by atoms with Gasteiger partial charge in [0.15, 0.2) is 14.6 Å². The molecule has 19 heavy (non-hydrogen) atoms. The average Bonchev–Trinajstić information content (AvgIpc) is 2.64. The minimum Gasteiger partial charge on any atom is -0.329 e. The van der Waals surface area contributed by atoms with Gasteiger partial charge in [-0.1, -0.05) is 26.3 Å². The Morgan fingerprint density at radius 1 is 1.42 bits per heavy atom. The van der Waals surface area contributed by atoms with Gasteiger partial charge in [-0.15, -0.1) is 0 Å². The monoisotopic (exact) mass is 298 g/mol. The van der Waals surface area contributed by atoms with Gasteiger partial charge in [-0.2, -0.15) is 0 Å². The number of rotatable bonds is 4. The SMILES string of the molecule is CCC(C)Cn1c(=S)[nH]c2c(S(C)(=O)=O)cccc21. The molecule has 4 nitrogen and oxygen atoms in total. The van der Waals surface area contributed by atoms with E-state index in [-0.39, 0.29) is 0 Å². The number of aromatic amines is 1. The maximum Gasteiger partial charge on any atom is 0.178 e. The molecule has 0 fully saturated rings. The van der Waals surface area contributed by atoms with Crippen LogP contribution in [0.3, 0.4) is 0 Å². The highest BCUT2D eigenvalue weighted by Gasteiger charge is 2.16. The first-order valence-electron chi connectivity index (χ1n) is 6.26. The van der Waals surface area contributed by atoms with E-state index in [2.05, 4.69) is 18.8 Å². The van der Waals surface area contributed by atoms with Gasteiger partial charge >= 0.3 is 0 Å². The number of aromatic nitrogens is 2. The Morgan fingerprint density at radius 2 is 2.11 bits per heavy atom. The molecule has 0 saturated heterocycles. The predicted octanol–water partition coefficient (Wildman–Crippen LogP) is 3.15. The number of nitrogens with one attached hydrogen (secondary N) is 1. The number of hydrogen-bond acceptors (Lipinski definition) is 3. The third kappa shape index (κ3) is 2.74. The van der Waals surface area contributed by atoms with Crippen LogP contribution < -0.4 is 0 Å². The van der Waals surface area contributed by atoms with E-state index in [1.807, 2.05) is 10.6 Å². The zero-order valence-electron chi connectivity index (χ0n) is 11.3. The number of hydrogen-bond donors (Lipinski definition) is 1. The van der Waals surface area contributed by atoms with Crippen LogP contribution in [0.5, 0.6) is 0 Å². The topological polar surface area (TPSA) is 54.9 Å². The summed E-state index contributed by atoms with van der Waals surface area (Å²) in [4.78, 5) is 3.33. The summed E-state index contributed by atoms with van der Waals surface area (Å²) in [6.07, 6.45) is 2.27. The molecule has 2 rings (SSSR count). The Kier molecular flexibility index (Phi) is 3.82. The lowest BCUT2D eigenvalue weighted by Crippen LogP contribution is -2.06. The van der Waals surface area contributed by atoms with E-state index in [4.69, 9.17) is 12.2 Å². The largest absolute Gasteiger partial charge is 0.329 e. The molecule has 0 aliphatic heterocycles. The Bertz CT molecular complexity index is 757. The molecule has 0 bridgehead atoms. The van der Waals surface area contributed by atoms with Crippen molar-refractivity contribution in [3.05, 3.63) is 23.0 Å². The summed E-state index contributed by atoms with van der Waals surface area (Å²) in [5.41, 5.74) is 1.46. The van der Waals surface area contributed by atoms with Gasteiger partial charge in [0.25, 0.3) is 0 Å². The first kappa shape index (κ1) is 14.3. The van der Waals surface area contributed by atoms with Crippen LogP contribution in [0.15, 0.2) is 23.1 Å². The molecule has 6 heteroatoms. The second-order valence-electron chi connectivity index (χ2n) is 4.98. The van der Waals surface area contributed by atoms with E-state index in [0.717, 1.165) is 18.5 Å². The van der Waals surface area contributed by atoms with Crippen molar-refractivity contribution in [2.45, 2.75) is 31.7 Å². The molecule has 1 aromatic carbocycles. The minimum absolute atomic E-state index is 0.305. The average molecular weight is 298 g/mol. The summed E-state index contributed by atoms with van der Waals surface area (Å²) in [5.74, 6) is 0.493. The smallest absolute Gasteiger partial charge is 0.178 e. The lowest BCUT2D eigenvalue weighted by molar-refractivity contribution is 0.473. The number of imidazole rings is 1. The van der Waals surface area contributed by atoms with Crippen molar-refractivity contribution >= 4 is 33.1 Å². The first-order valence-corrected chi connectivity index (χ1v) is 8.56. The van der Waals surface area contributed by atoms with Crippen LogP contribution in [-0.2, 0) is 16.4 Å². The van der Waals surface area contributed by atoms with E-state index < -0.39 is 9.84 Å². The summed E-state index contributed by atoms with van der Waals surface area (Å²) in [6, 6.07) is 5.27. The maximum atomic E-state index is 11.8. The molecule has 0 spiro atoms. The molecular formula is C13H18N2O2S2. The molecule has 2 aromatic rings. The molecule has 1 atom stereocenters. The Morgan fingerprint density at radius 3 is 2.68 bits per heavy atom. The standard InChI is InChI=1S/C13H18N2O2S2/c1-4-9(2)8-15-10-6-5-7-11(19(3,16)17)12(10)14-13(15)18/h5-7,9H,4,8H2,1-3H3,(H,14,18). The van der Waals surface area contributed by atoms with E-state index in [0.29, 0.717) is 21.1 Å². The third-order valence-electron chi connectivity index (χ3n) is 3.36. The zero-order valence-corrected chi connectivity index (χ0v) is 12.9. The van der Waals surface area contributed by atoms with Gasteiger partial charge in [-0.25, -0.2) is 8.42 Å². The lowest BCUT2D eigenvalue weighted by Gasteiger charge is -2.10. The second-order valence-corrected chi connectivity index (χ2v) is 7.35. The highest BCUT2D eigenvalue weighted by atomic mass is 32.2. The van der Waals surface area contributed by atoms with Gasteiger partial charge in [0.2, 0.25) is 0 Å².